The summed E-state index contributed by atoms with van der Waals surface area (Å²) in [7, 11) is 2.15. The molecule has 1 aliphatic heterocycles. The Morgan fingerprint density at radius 2 is 1.79 bits per heavy atom. The number of anilines is 1. The summed E-state index contributed by atoms with van der Waals surface area (Å²) in [4.78, 5) is 3.62. The van der Waals surface area contributed by atoms with Crippen LogP contribution in [0.5, 0.6) is 0 Å². The maximum Gasteiger partial charge on any atom is 0.179 e. The van der Waals surface area contributed by atoms with Gasteiger partial charge in [-0.3, -0.25) is 0 Å². The smallest absolute Gasteiger partial charge is 0.179 e. The average molecular weight is 452 g/mol. The molecule has 2 heterocycles. The van der Waals surface area contributed by atoms with Crippen molar-refractivity contribution in [3.63, 3.8) is 0 Å². The molecule has 0 aliphatic carbocycles. The maximum atomic E-state index is 2.42. The third kappa shape index (κ3) is 3.97. The van der Waals surface area contributed by atoms with Crippen molar-refractivity contribution in [3.8, 4) is 0 Å². The van der Waals surface area contributed by atoms with E-state index >= 15 is 0 Å². The standard InChI is InChI=1S/C20H25N2S.HI/c1-5-6-11-22-15(2)12-17(13-16(22)3)14-20-21(4)18-9-7-8-10-19(18)23-20;/h7-10,12-14H,5-6,11H2,1-4H3;1H/q+1;/p-1. The van der Waals surface area contributed by atoms with Gasteiger partial charge in [-0.25, -0.2) is 4.57 Å². The highest BCUT2D eigenvalue weighted by atomic mass is 127. The molecule has 1 aromatic heterocycles. The Hall–Kier alpha value is -1.01. The van der Waals surface area contributed by atoms with E-state index in [4.69, 9.17) is 0 Å². The van der Waals surface area contributed by atoms with Gasteiger partial charge in [0.05, 0.1) is 10.7 Å². The van der Waals surface area contributed by atoms with Crippen LogP contribution >= 0.6 is 11.8 Å². The summed E-state index contributed by atoms with van der Waals surface area (Å²) in [6.45, 7) is 7.79. The first kappa shape index (κ1) is 19.3. The second-order valence-electron chi connectivity index (χ2n) is 6.19. The molecule has 0 saturated heterocycles. The predicted molar refractivity (Wildman–Crippen MR) is 99.7 cm³/mol. The molecule has 0 radical (unpaired) electrons. The van der Waals surface area contributed by atoms with Crippen molar-refractivity contribution < 1.29 is 28.5 Å². The normalized spacial score (nSPS) is 14.7. The number of hydrogen-bond acceptors (Lipinski definition) is 2. The van der Waals surface area contributed by atoms with Crippen LogP contribution in [0.25, 0.3) is 6.08 Å². The van der Waals surface area contributed by atoms with Gasteiger partial charge in [-0.2, -0.15) is 0 Å². The summed E-state index contributed by atoms with van der Waals surface area (Å²) in [5, 5.41) is 1.29. The van der Waals surface area contributed by atoms with Crippen molar-refractivity contribution in [1.82, 2.24) is 0 Å². The summed E-state index contributed by atoms with van der Waals surface area (Å²) in [6.07, 6.45) is 4.77. The molecule has 4 heteroatoms. The van der Waals surface area contributed by atoms with Gasteiger partial charge in [0.15, 0.2) is 11.4 Å². The van der Waals surface area contributed by atoms with Crippen LogP contribution in [0.2, 0.25) is 0 Å². The molecule has 0 atom stereocenters. The fourth-order valence-corrected chi connectivity index (χ4v) is 4.21. The maximum absolute atomic E-state index is 2.42. The zero-order valence-corrected chi connectivity index (χ0v) is 17.8. The summed E-state index contributed by atoms with van der Waals surface area (Å²) in [5.74, 6) is 0. The van der Waals surface area contributed by atoms with Crippen LogP contribution in [0.15, 0.2) is 46.3 Å². The third-order valence-electron chi connectivity index (χ3n) is 4.40. The monoisotopic (exact) mass is 452 g/mol. The summed E-state index contributed by atoms with van der Waals surface area (Å²) >= 11 is 1.85. The number of fused-ring (bicyclic) bond motifs is 1. The van der Waals surface area contributed by atoms with E-state index in [9.17, 15) is 0 Å². The highest BCUT2D eigenvalue weighted by molar-refractivity contribution is 8.03. The van der Waals surface area contributed by atoms with Crippen molar-refractivity contribution in [2.45, 2.75) is 45.1 Å². The van der Waals surface area contributed by atoms with Gasteiger partial charge in [0, 0.05) is 44.3 Å². The minimum atomic E-state index is 0. The number of aromatic nitrogens is 1. The summed E-state index contributed by atoms with van der Waals surface area (Å²) in [5.41, 5.74) is 5.27. The third-order valence-corrected chi connectivity index (χ3v) is 5.57. The Balaban J connectivity index is 0.00000208. The first-order chi connectivity index (χ1) is 11.1. The molecule has 0 unspecified atom stereocenters. The van der Waals surface area contributed by atoms with Crippen LogP contribution in [0, 0.1) is 13.8 Å². The Labute approximate surface area is 167 Å². The Kier molecular flexibility index (Phi) is 6.75. The first-order valence-corrected chi connectivity index (χ1v) is 9.15. The van der Waals surface area contributed by atoms with Crippen LogP contribution in [0.1, 0.15) is 36.7 Å². The number of hydrogen-bond donors (Lipinski definition) is 0. The molecule has 0 N–H and O–H groups in total. The lowest BCUT2D eigenvalue weighted by Crippen LogP contribution is -3.00. The zero-order chi connectivity index (χ0) is 16.4. The van der Waals surface area contributed by atoms with Crippen LogP contribution < -0.4 is 33.4 Å². The highest BCUT2D eigenvalue weighted by Crippen LogP contribution is 2.45. The predicted octanol–water partition coefficient (Wildman–Crippen LogP) is 1.94. The van der Waals surface area contributed by atoms with Gasteiger partial charge in [0.25, 0.3) is 0 Å². The van der Waals surface area contributed by atoms with E-state index in [0.29, 0.717) is 0 Å². The van der Waals surface area contributed by atoms with Gasteiger partial charge in [0.1, 0.15) is 6.54 Å². The van der Waals surface area contributed by atoms with Crippen molar-refractivity contribution in [2.24, 2.45) is 0 Å². The molecule has 0 bridgehead atoms. The first-order valence-electron chi connectivity index (χ1n) is 8.33. The molecule has 0 amide bonds. The lowest BCUT2D eigenvalue weighted by molar-refractivity contribution is -0.708. The molecule has 3 rings (SSSR count). The number of thioether (sulfide) groups is 1. The van der Waals surface area contributed by atoms with Crippen molar-refractivity contribution in [2.75, 3.05) is 11.9 Å². The molecule has 1 aromatic carbocycles. The lowest BCUT2D eigenvalue weighted by atomic mass is 10.1. The Morgan fingerprint density at radius 1 is 1.12 bits per heavy atom. The zero-order valence-electron chi connectivity index (χ0n) is 14.8. The molecule has 24 heavy (non-hydrogen) atoms. The number of rotatable bonds is 4. The SMILES string of the molecule is CCCC[n+]1c(C)cc(/C=C2/Sc3ccccc3N2C)cc1C.[I-]. The van der Waals surface area contributed by atoms with Crippen molar-refractivity contribution >= 4 is 23.5 Å². The minimum absolute atomic E-state index is 0. The van der Waals surface area contributed by atoms with Crippen molar-refractivity contribution in [1.29, 1.82) is 0 Å². The highest BCUT2D eigenvalue weighted by Gasteiger charge is 2.21. The van der Waals surface area contributed by atoms with Gasteiger partial charge in [0.2, 0.25) is 0 Å². The molecular weight excluding hydrogens is 427 g/mol. The number of para-hydroxylation sites is 1. The van der Waals surface area contributed by atoms with Gasteiger partial charge < -0.3 is 28.9 Å². The fourth-order valence-electron chi connectivity index (χ4n) is 3.10. The van der Waals surface area contributed by atoms with Crippen LogP contribution in [-0.4, -0.2) is 7.05 Å². The fraction of sp³-hybridized carbons (Fsp3) is 0.350. The van der Waals surface area contributed by atoms with E-state index in [1.54, 1.807) is 0 Å². The molecule has 1 aliphatic rings. The largest absolute Gasteiger partial charge is 1.00 e. The van der Waals surface area contributed by atoms with E-state index in [-0.39, 0.29) is 24.0 Å². The topological polar surface area (TPSA) is 7.12 Å². The second-order valence-corrected chi connectivity index (χ2v) is 7.25. The van der Waals surface area contributed by atoms with E-state index in [1.807, 2.05) is 11.8 Å². The molecule has 2 nitrogen and oxygen atoms in total. The number of benzene rings is 1. The van der Waals surface area contributed by atoms with E-state index < -0.39 is 0 Å². The van der Waals surface area contributed by atoms with Gasteiger partial charge >= 0.3 is 0 Å². The van der Waals surface area contributed by atoms with E-state index in [0.717, 1.165) is 6.54 Å². The molecular formula is C20H25IN2S. The molecule has 0 spiro atoms. The van der Waals surface area contributed by atoms with Gasteiger partial charge in [-0.05, 0) is 23.8 Å². The Bertz CT molecular complexity index is 732. The molecule has 0 fully saturated rings. The molecule has 128 valence electrons. The summed E-state index contributed by atoms with van der Waals surface area (Å²) < 4.78 is 2.42. The van der Waals surface area contributed by atoms with Crippen LogP contribution in [0.4, 0.5) is 5.69 Å². The van der Waals surface area contributed by atoms with Crippen LogP contribution in [0.3, 0.4) is 0 Å². The number of aryl methyl sites for hydroxylation is 2. The number of pyridine rings is 1. The minimum Gasteiger partial charge on any atom is -1.00 e. The average Bonchev–Trinajstić information content (AvgIpc) is 2.83. The Morgan fingerprint density at radius 3 is 2.42 bits per heavy atom. The van der Waals surface area contributed by atoms with Crippen molar-refractivity contribution in [3.05, 3.63) is 58.4 Å². The number of halogens is 1. The second kappa shape index (κ2) is 8.39. The van der Waals surface area contributed by atoms with E-state index in [1.165, 1.54) is 45.4 Å². The summed E-state index contributed by atoms with van der Waals surface area (Å²) in [6, 6.07) is 13.2. The van der Waals surface area contributed by atoms with Gasteiger partial charge in [-0.1, -0.05) is 37.2 Å². The number of unbranched alkanes of at least 4 members (excludes halogenated alkanes) is 1. The van der Waals surface area contributed by atoms with Crippen LogP contribution in [-0.2, 0) is 6.54 Å². The lowest BCUT2D eigenvalue weighted by Gasteiger charge is -2.13. The quantitative estimate of drug-likeness (QED) is 0.517. The molecule has 0 saturated carbocycles. The van der Waals surface area contributed by atoms with Gasteiger partial charge in [-0.15, -0.1) is 0 Å². The molecule has 2 aromatic rings. The number of nitrogens with zero attached hydrogens (tertiary/aromatic N) is 2. The van der Waals surface area contributed by atoms with E-state index in [2.05, 4.69) is 79.8 Å².